The molecule has 0 saturated heterocycles. The van der Waals surface area contributed by atoms with Gasteiger partial charge in [0.1, 0.15) is 48.4 Å². The number of aromatic nitrogens is 6. The van der Waals surface area contributed by atoms with Gasteiger partial charge in [0, 0.05) is 11.6 Å². The second-order valence-corrected chi connectivity index (χ2v) is 8.70. The van der Waals surface area contributed by atoms with Crippen molar-refractivity contribution < 1.29 is 42.5 Å². The average Bonchev–Trinajstić information content (AvgIpc) is 3.57. The smallest absolute Gasteiger partial charge is 0.481 e. The molecule has 0 amide bonds. The number of hydrogen-bond acceptors (Lipinski definition) is 10. The fourth-order valence-corrected chi connectivity index (χ4v) is 3.46. The number of esters is 1. The van der Waals surface area contributed by atoms with E-state index < -0.39 is 53.4 Å². The highest BCUT2D eigenvalue weighted by atomic mass is 19.1. The number of nitrogens with zero attached hydrogens (tertiary/aromatic N) is 6. The summed E-state index contributed by atoms with van der Waals surface area (Å²) in [6.07, 6.45) is 0.690. The fraction of sp³-hybridized carbons (Fsp3) is 0.435. The molecule has 0 saturated carbocycles. The standard InChI is InChI=1S/C23H26F2N6O7/c1-4-7-36-20(32)19(23(2,3)21(33)34)38-22(35)37-17(9-30-12-26-10-28-30)18(31-13-27-11-29-31)15-6-5-14(24)8-16(15)25/h5-6,8,10-13,17-19H,4,7,9H2,1-3H3,(H,33,34). The molecule has 0 fully saturated rings. The van der Waals surface area contributed by atoms with Crippen LogP contribution in [0.25, 0.3) is 0 Å². The molecule has 204 valence electrons. The molecule has 1 N–H and O–H groups in total. The SMILES string of the molecule is CCCOC(=O)C(OC(=O)OC(Cn1cncn1)C(c1ccc(F)cc1F)n1cncn1)C(C)(C)C(=O)O. The van der Waals surface area contributed by atoms with E-state index in [0.717, 1.165) is 18.5 Å². The minimum Gasteiger partial charge on any atom is -0.481 e. The Balaban J connectivity index is 1.97. The molecule has 0 spiro atoms. The highest BCUT2D eigenvalue weighted by Gasteiger charge is 2.47. The van der Waals surface area contributed by atoms with Crippen LogP contribution in [0.2, 0.25) is 0 Å². The number of carboxylic acids is 1. The summed E-state index contributed by atoms with van der Waals surface area (Å²) < 4.78 is 46.7. The van der Waals surface area contributed by atoms with Crippen LogP contribution in [-0.2, 0) is 30.3 Å². The van der Waals surface area contributed by atoms with E-state index in [-0.39, 0.29) is 18.7 Å². The van der Waals surface area contributed by atoms with Gasteiger partial charge in [0.05, 0.1) is 13.2 Å². The fourth-order valence-electron chi connectivity index (χ4n) is 3.46. The number of ether oxygens (including phenoxy) is 3. The van der Waals surface area contributed by atoms with Gasteiger partial charge in [-0.1, -0.05) is 13.0 Å². The summed E-state index contributed by atoms with van der Waals surface area (Å²) in [6, 6.07) is 1.60. The molecule has 3 atom stereocenters. The van der Waals surface area contributed by atoms with Crippen LogP contribution < -0.4 is 0 Å². The first-order valence-electron chi connectivity index (χ1n) is 11.4. The van der Waals surface area contributed by atoms with Gasteiger partial charge in [-0.3, -0.25) is 4.79 Å². The Kier molecular flexibility index (Phi) is 9.04. The maximum Gasteiger partial charge on any atom is 0.509 e. The third-order valence-electron chi connectivity index (χ3n) is 5.52. The number of carboxylic acid groups (broad SMARTS) is 1. The van der Waals surface area contributed by atoms with Crippen LogP contribution in [0.1, 0.15) is 38.8 Å². The van der Waals surface area contributed by atoms with Gasteiger partial charge in [0.2, 0.25) is 6.10 Å². The molecule has 0 bridgehead atoms. The lowest BCUT2D eigenvalue weighted by molar-refractivity contribution is -0.173. The van der Waals surface area contributed by atoms with E-state index in [1.54, 1.807) is 6.92 Å². The molecule has 0 aliphatic heterocycles. The highest BCUT2D eigenvalue weighted by molar-refractivity contribution is 5.87. The van der Waals surface area contributed by atoms with Gasteiger partial charge in [0.25, 0.3) is 0 Å². The number of benzene rings is 1. The molecule has 1 aromatic carbocycles. The second-order valence-electron chi connectivity index (χ2n) is 8.70. The molecule has 38 heavy (non-hydrogen) atoms. The first kappa shape index (κ1) is 28.1. The Morgan fingerprint density at radius 1 is 1.08 bits per heavy atom. The zero-order valence-electron chi connectivity index (χ0n) is 20.7. The number of carbonyl (C=O) groups excluding carboxylic acids is 2. The Labute approximate surface area is 215 Å². The molecule has 0 aliphatic rings. The van der Waals surface area contributed by atoms with Crippen molar-refractivity contribution in [2.24, 2.45) is 5.41 Å². The van der Waals surface area contributed by atoms with Gasteiger partial charge in [0.15, 0.2) is 6.10 Å². The maximum atomic E-state index is 14.9. The summed E-state index contributed by atoms with van der Waals surface area (Å²) in [5.41, 5.74) is -2.00. The Morgan fingerprint density at radius 3 is 2.37 bits per heavy atom. The van der Waals surface area contributed by atoms with Gasteiger partial charge < -0.3 is 19.3 Å². The van der Waals surface area contributed by atoms with Crippen molar-refractivity contribution in [1.82, 2.24) is 29.5 Å². The van der Waals surface area contributed by atoms with Crippen molar-refractivity contribution >= 4 is 18.1 Å². The molecule has 2 heterocycles. The molecule has 3 unspecified atom stereocenters. The predicted octanol–water partition coefficient (Wildman–Crippen LogP) is 2.39. The molecule has 15 heteroatoms. The molecule has 3 rings (SSSR count). The summed E-state index contributed by atoms with van der Waals surface area (Å²) in [5, 5.41) is 17.6. The number of halogens is 2. The molecule has 0 aliphatic carbocycles. The highest BCUT2D eigenvalue weighted by Crippen LogP contribution is 2.30. The number of hydrogen-bond donors (Lipinski definition) is 1. The lowest BCUT2D eigenvalue weighted by Crippen LogP contribution is -2.47. The first-order valence-corrected chi connectivity index (χ1v) is 11.4. The van der Waals surface area contributed by atoms with E-state index in [0.29, 0.717) is 12.5 Å². The average molecular weight is 536 g/mol. The topological polar surface area (TPSA) is 161 Å². The van der Waals surface area contributed by atoms with Crippen molar-refractivity contribution in [2.75, 3.05) is 6.61 Å². The summed E-state index contributed by atoms with van der Waals surface area (Å²) in [4.78, 5) is 45.1. The number of rotatable bonds is 12. The zero-order valence-corrected chi connectivity index (χ0v) is 20.7. The predicted molar refractivity (Wildman–Crippen MR) is 122 cm³/mol. The van der Waals surface area contributed by atoms with Crippen LogP contribution in [0.3, 0.4) is 0 Å². The zero-order chi connectivity index (χ0) is 27.9. The van der Waals surface area contributed by atoms with Gasteiger partial charge in [-0.15, -0.1) is 0 Å². The van der Waals surface area contributed by atoms with Crippen LogP contribution in [-0.4, -0.2) is 71.5 Å². The van der Waals surface area contributed by atoms with Crippen LogP contribution in [0.4, 0.5) is 13.6 Å². The Hall–Kier alpha value is -4.43. The molecule has 0 radical (unpaired) electrons. The van der Waals surface area contributed by atoms with Crippen molar-refractivity contribution in [3.05, 3.63) is 60.7 Å². The maximum absolute atomic E-state index is 14.9. The lowest BCUT2D eigenvalue weighted by atomic mass is 9.86. The molecule has 2 aromatic heterocycles. The van der Waals surface area contributed by atoms with Gasteiger partial charge in [-0.2, -0.15) is 10.2 Å². The van der Waals surface area contributed by atoms with Crippen LogP contribution in [0, 0.1) is 17.0 Å². The normalized spacial score (nSPS) is 13.8. The molecular formula is C23H26F2N6O7. The van der Waals surface area contributed by atoms with E-state index in [1.165, 1.54) is 42.2 Å². The third kappa shape index (κ3) is 6.66. The summed E-state index contributed by atoms with van der Waals surface area (Å²) in [6.45, 7) is 3.84. The summed E-state index contributed by atoms with van der Waals surface area (Å²) in [7, 11) is 0. The largest absolute Gasteiger partial charge is 0.509 e. The van der Waals surface area contributed by atoms with Gasteiger partial charge >= 0.3 is 18.1 Å². The van der Waals surface area contributed by atoms with Crippen molar-refractivity contribution in [3.8, 4) is 0 Å². The molecule has 13 nitrogen and oxygen atoms in total. The second kappa shape index (κ2) is 12.2. The van der Waals surface area contributed by atoms with Crippen LogP contribution in [0.15, 0.2) is 43.5 Å². The summed E-state index contributed by atoms with van der Waals surface area (Å²) in [5.74, 6) is -4.31. The number of carbonyl (C=O) groups is 3. The van der Waals surface area contributed by atoms with Gasteiger partial charge in [-0.25, -0.2) is 37.7 Å². The van der Waals surface area contributed by atoms with Crippen LogP contribution >= 0.6 is 0 Å². The summed E-state index contributed by atoms with van der Waals surface area (Å²) >= 11 is 0. The minimum atomic E-state index is -1.89. The third-order valence-corrected chi connectivity index (χ3v) is 5.52. The molecule has 3 aromatic rings. The van der Waals surface area contributed by atoms with E-state index in [1.807, 2.05) is 0 Å². The van der Waals surface area contributed by atoms with E-state index in [2.05, 4.69) is 20.2 Å². The van der Waals surface area contributed by atoms with Crippen molar-refractivity contribution in [2.45, 2.75) is 52.0 Å². The Morgan fingerprint density at radius 2 is 1.79 bits per heavy atom. The van der Waals surface area contributed by atoms with E-state index in [4.69, 9.17) is 14.2 Å². The first-order chi connectivity index (χ1) is 18.0. The number of aliphatic carboxylic acids is 1. The van der Waals surface area contributed by atoms with Crippen molar-refractivity contribution in [3.63, 3.8) is 0 Å². The lowest BCUT2D eigenvalue weighted by Gasteiger charge is -2.30. The van der Waals surface area contributed by atoms with Crippen molar-refractivity contribution in [1.29, 1.82) is 0 Å². The minimum absolute atomic E-state index is 0.0312. The molecular weight excluding hydrogens is 510 g/mol. The van der Waals surface area contributed by atoms with Gasteiger partial charge in [-0.05, 0) is 26.3 Å². The van der Waals surface area contributed by atoms with E-state index >= 15 is 0 Å². The van der Waals surface area contributed by atoms with E-state index in [9.17, 15) is 28.3 Å². The quantitative estimate of drug-likeness (QED) is 0.338. The monoisotopic (exact) mass is 536 g/mol. The van der Waals surface area contributed by atoms with Crippen LogP contribution in [0.5, 0.6) is 0 Å². The Bertz CT molecular complexity index is 1240.